The van der Waals surface area contributed by atoms with Crippen molar-refractivity contribution in [3.63, 3.8) is 0 Å². The Labute approximate surface area is 113 Å². The van der Waals surface area contributed by atoms with Crippen molar-refractivity contribution in [3.05, 3.63) is 29.6 Å². The molecule has 0 amide bonds. The van der Waals surface area contributed by atoms with E-state index in [1.54, 1.807) is 6.07 Å². The highest BCUT2D eigenvalue weighted by Gasteiger charge is 2.44. The van der Waals surface area contributed by atoms with Crippen LogP contribution in [0.15, 0.2) is 18.2 Å². The molecule has 3 heteroatoms. The Morgan fingerprint density at radius 1 is 1.21 bits per heavy atom. The zero-order chi connectivity index (χ0) is 13.7. The first-order chi connectivity index (χ1) is 8.89. The van der Waals surface area contributed by atoms with Crippen LogP contribution in [0.3, 0.4) is 0 Å². The average Bonchev–Trinajstić information content (AvgIpc) is 2.35. The first-order valence-corrected chi connectivity index (χ1v) is 7.06. The molecule has 0 aromatic heterocycles. The standard InChI is InChI=1S/C16H21FO2/c1-15(2)5-7-16(8-6-15)10-13(18)12-9-11(17)3-4-14(12)19-16/h3-4,9,13,18H,5-8,10H2,1-2H3/t13-/m1/s1. The molecular formula is C16H21FO2. The van der Waals surface area contributed by atoms with E-state index in [2.05, 4.69) is 13.8 Å². The van der Waals surface area contributed by atoms with Crippen molar-refractivity contribution < 1.29 is 14.2 Å². The van der Waals surface area contributed by atoms with Gasteiger partial charge in [-0.15, -0.1) is 0 Å². The Balaban J connectivity index is 1.87. The van der Waals surface area contributed by atoms with E-state index in [0.29, 0.717) is 23.1 Å². The number of halogens is 1. The van der Waals surface area contributed by atoms with Gasteiger partial charge in [0.15, 0.2) is 0 Å². The first-order valence-electron chi connectivity index (χ1n) is 7.06. The second-order valence-electron chi connectivity index (χ2n) is 6.85. The number of rotatable bonds is 0. The van der Waals surface area contributed by atoms with Crippen LogP contribution in [0.1, 0.15) is 57.6 Å². The summed E-state index contributed by atoms with van der Waals surface area (Å²) in [5.41, 5.74) is 0.707. The number of benzene rings is 1. The van der Waals surface area contributed by atoms with Gasteiger partial charge in [0.1, 0.15) is 17.2 Å². The second kappa shape index (κ2) is 4.20. The summed E-state index contributed by atoms with van der Waals surface area (Å²) in [7, 11) is 0. The molecule has 1 heterocycles. The molecular weight excluding hydrogens is 243 g/mol. The van der Waals surface area contributed by atoms with Gasteiger partial charge in [-0.3, -0.25) is 0 Å². The predicted octanol–water partition coefficient (Wildman–Crippen LogP) is 3.98. The summed E-state index contributed by atoms with van der Waals surface area (Å²) in [6.45, 7) is 4.56. The fourth-order valence-corrected chi connectivity index (χ4v) is 3.30. The normalized spacial score (nSPS) is 27.7. The maximum absolute atomic E-state index is 13.2. The van der Waals surface area contributed by atoms with Crippen LogP contribution < -0.4 is 4.74 Å². The van der Waals surface area contributed by atoms with Crippen LogP contribution in [-0.2, 0) is 0 Å². The van der Waals surface area contributed by atoms with Gasteiger partial charge >= 0.3 is 0 Å². The molecule has 1 aromatic carbocycles. The largest absolute Gasteiger partial charge is 0.487 e. The van der Waals surface area contributed by atoms with Crippen molar-refractivity contribution in [2.24, 2.45) is 5.41 Å². The molecule has 2 nitrogen and oxygen atoms in total. The molecule has 1 saturated carbocycles. The molecule has 0 radical (unpaired) electrons. The number of hydrogen-bond acceptors (Lipinski definition) is 2. The SMILES string of the molecule is CC1(C)CCC2(CC1)C[C@@H](O)c1cc(F)ccc1O2. The maximum Gasteiger partial charge on any atom is 0.126 e. The summed E-state index contributed by atoms with van der Waals surface area (Å²) in [6.07, 6.45) is 4.12. The summed E-state index contributed by atoms with van der Waals surface area (Å²) >= 11 is 0. The smallest absolute Gasteiger partial charge is 0.126 e. The van der Waals surface area contributed by atoms with Crippen molar-refractivity contribution in [2.45, 2.75) is 57.7 Å². The lowest BCUT2D eigenvalue weighted by Crippen LogP contribution is -2.45. The lowest BCUT2D eigenvalue weighted by Gasteiger charge is -2.47. The summed E-state index contributed by atoms with van der Waals surface area (Å²) in [5, 5.41) is 10.3. The van der Waals surface area contributed by atoms with Crippen molar-refractivity contribution >= 4 is 0 Å². The zero-order valence-corrected chi connectivity index (χ0v) is 11.6. The molecule has 1 fully saturated rings. The van der Waals surface area contributed by atoms with E-state index in [1.165, 1.54) is 12.1 Å². The van der Waals surface area contributed by atoms with Gasteiger partial charge in [0, 0.05) is 12.0 Å². The third kappa shape index (κ3) is 2.36. The highest BCUT2D eigenvalue weighted by molar-refractivity contribution is 5.38. The van der Waals surface area contributed by atoms with Crippen LogP contribution in [0.25, 0.3) is 0 Å². The molecule has 104 valence electrons. The molecule has 1 spiro atoms. The van der Waals surface area contributed by atoms with Crippen LogP contribution >= 0.6 is 0 Å². The van der Waals surface area contributed by atoms with Crippen molar-refractivity contribution in [1.82, 2.24) is 0 Å². The molecule has 0 bridgehead atoms. The summed E-state index contributed by atoms with van der Waals surface area (Å²) < 4.78 is 19.4. The Kier molecular flexibility index (Phi) is 2.86. The number of aliphatic hydroxyl groups excluding tert-OH is 1. The number of fused-ring (bicyclic) bond motifs is 1. The monoisotopic (exact) mass is 264 g/mol. The van der Waals surface area contributed by atoms with E-state index in [1.807, 2.05) is 0 Å². The minimum Gasteiger partial charge on any atom is -0.487 e. The van der Waals surface area contributed by atoms with Gasteiger partial charge in [-0.1, -0.05) is 13.8 Å². The van der Waals surface area contributed by atoms with Crippen LogP contribution in [0.5, 0.6) is 5.75 Å². The Morgan fingerprint density at radius 2 is 1.89 bits per heavy atom. The minimum absolute atomic E-state index is 0.250. The summed E-state index contributed by atoms with van der Waals surface area (Å²) in [6, 6.07) is 4.44. The third-order valence-corrected chi connectivity index (χ3v) is 4.74. The van der Waals surface area contributed by atoms with E-state index >= 15 is 0 Å². The second-order valence-corrected chi connectivity index (χ2v) is 6.85. The van der Waals surface area contributed by atoms with Gasteiger partial charge in [-0.05, 0) is 49.3 Å². The number of aliphatic hydroxyl groups is 1. The molecule has 0 unspecified atom stereocenters. The molecule has 1 aliphatic carbocycles. The molecule has 0 saturated heterocycles. The topological polar surface area (TPSA) is 29.5 Å². The Morgan fingerprint density at radius 3 is 2.58 bits per heavy atom. The van der Waals surface area contributed by atoms with Crippen molar-refractivity contribution in [1.29, 1.82) is 0 Å². The Hall–Kier alpha value is -1.09. The van der Waals surface area contributed by atoms with E-state index in [-0.39, 0.29) is 11.4 Å². The Bertz CT molecular complexity index is 486. The van der Waals surface area contributed by atoms with Gasteiger partial charge in [-0.25, -0.2) is 4.39 Å². The summed E-state index contributed by atoms with van der Waals surface area (Å²) in [5.74, 6) is 0.335. The van der Waals surface area contributed by atoms with Gasteiger partial charge < -0.3 is 9.84 Å². The van der Waals surface area contributed by atoms with Crippen LogP contribution in [0.4, 0.5) is 4.39 Å². The molecule has 1 N–H and O–H groups in total. The highest BCUT2D eigenvalue weighted by atomic mass is 19.1. The number of ether oxygens (including phenoxy) is 1. The predicted molar refractivity (Wildman–Crippen MR) is 71.6 cm³/mol. The van der Waals surface area contributed by atoms with Crippen molar-refractivity contribution in [2.75, 3.05) is 0 Å². The average molecular weight is 264 g/mol. The van der Waals surface area contributed by atoms with Gasteiger partial charge in [0.05, 0.1) is 6.10 Å². The molecule has 1 aromatic rings. The fraction of sp³-hybridized carbons (Fsp3) is 0.625. The molecule has 1 aliphatic heterocycles. The quantitative estimate of drug-likeness (QED) is 0.768. The lowest BCUT2D eigenvalue weighted by atomic mass is 9.68. The fourth-order valence-electron chi connectivity index (χ4n) is 3.30. The van der Waals surface area contributed by atoms with E-state index in [4.69, 9.17) is 4.74 Å². The van der Waals surface area contributed by atoms with Crippen LogP contribution in [-0.4, -0.2) is 10.7 Å². The molecule has 3 rings (SSSR count). The highest BCUT2D eigenvalue weighted by Crippen LogP contribution is 2.49. The van der Waals surface area contributed by atoms with Crippen LogP contribution in [0.2, 0.25) is 0 Å². The minimum atomic E-state index is -0.610. The summed E-state index contributed by atoms with van der Waals surface area (Å²) in [4.78, 5) is 0. The molecule has 2 aliphatic rings. The lowest BCUT2D eigenvalue weighted by molar-refractivity contribution is -0.0577. The van der Waals surface area contributed by atoms with Gasteiger partial charge in [0.2, 0.25) is 0 Å². The van der Waals surface area contributed by atoms with Crippen LogP contribution in [0, 0.1) is 11.2 Å². The first kappa shape index (κ1) is 12.9. The van der Waals surface area contributed by atoms with E-state index in [9.17, 15) is 9.50 Å². The molecule has 1 atom stereocenters. The zero-order valence-electron chi connectivity index (χ0n) is 11.6. The maximum atomic E-state index is 13.2. The van der Waals surface area contributed by atoms with E-state index < -0.39 is 6.10 Å². The van der Waals surface area contributed by atoms with E-state index in [0.717, 1.165) is 25.7 Å². The van der Waals surface area contributed by atoms with Crippen molar-refractivity contribution in [3.8, 4) is 5.75 Å². The van der Waals surface area contributed by atoms with Gasteiger partial charge in [-0.2, -0.15) is 0 Å². The number of hydrogen-bond donors (Lipinski definition) is 1. The third-order valence-electron chi connectivity index (χ3n) is 4.74. The van der Waals surface area contributed by atoms with Gasteiger partial charge in [0.25, 0.3) is 0 Å². The molecule has 19 heavy (non-hydrogen) atoms.